The van der Waals surface area contributed by atoms with Crippen LogP contribution in [0.4, 0.5) is 17.1 Å². The minimum absolute atomic E-state index is 1.24. The monoisotopic (exact) mass is 313 g/mol. The fourth-order valence-electron chi connectivity index (χ4n) is 4.41. The van der Waals surface area contributed by atoms with Crippen molar-refractivity contribution in [1.82, 2.24) is 0 Å². The van der Waals surface area contributed by atoms with Gasteiger partial charge in [-0.3, -0.25) is 0 Å². The number of piperidine rings is 2. The maximum atomic E-state index is 2.62. The quantitative estimate of drug-likeness (QED) is 0.825. The summed E-state index contributed by atoms with van der Waals surface area (Å²) in [4.78, 5) is 7.84. The van der Waals surface area contributed by atoms with Gasteiger partial charge >= 0.3 is 0 Å². The van der Waals surface area contributed by atoms with Gasteiger partial charge in [0.1, 0.15) is 0 Å². The Kier molecular flexibility index (Phi) is 4.63. The Labute approximate surface area is 141 Å². The average Bonchev–Trinajstić information content (AvgIpc) is 3.18. The van der Waals surface area contributed by atoms with Crippen LogP contribution < -0.4 is 14.7 Å². The summed E-state index contributed by atoms with van der Waals surface area (Å²) in [5.74, 6) is 0. The lowest BCUT2D eigenvalue weighted by atomic mass is 10.1. The second-order valence-corrected chi connectivity index (χ2v) is 7.50. The molecule has 3 heteroatoms. The van der Waals surface area contributed by atoms with Gasteiger partial charge in [-0.1, -0.05) is 0 Å². The zero-order valence-corrected chi connectivity index (χ0v) is 14.5. The molecule has 3 saturated heterocycles. The summed E-state index contributed by atoms with van der Waals surface area (Å²) in [6.07, 6.45) is 10.9. The van der Waals surface area contributed by atoms with E-state index in [1.165, 1.54) is 108 Å². The predicted molar refractivity (Wildman–Crippen MR) is 100 cm³/mol. The molecule has 0 aliphatic carbocycles. The molecule has 4 rings (SSSR count). The summed E-state index contributed by atoms with van der Waals surface area (Å²) in [5.41, 5.74) is 4.40. The lowest BCUT2D eigenvalue weighted by Gasteiger charge is -2.34. The predicted octanol–water partition coefficient (Wildman–Crippen LogP) is 4.27. The zero-order chi connectivity index (χ0) is 15.5. The summed E-state index contributed by atoms with van der Waals surface area (Å²) < 4.78 is 0. The lowest BCUT2D eigenvalue weighted by molar-refractivity contribution is 0.573. The smallest absolute Gasteiger partial charge is 0.0407 e. The van der Waals surface area contributed by atoms with Crippen molar-refractivity contribution in [3.8, 4) is 0 Å². The molecule has 0 amide bonds. The molecule has 3 aliphatic rings. The van der Waals surface area contributed by atoms with Crippen LogP contribution >= 0.6 is 0 Å². The summed E-state index contributed by atoms with van der Waals surface area (Å²) in [6, 6.07) is 7.39. The first-order valence-electron chi connectivity index (χ1n) is 9.80. The van der Waals surface area contributed by atoms with Gasteiger partial charge in [0.2, 0.25) is 0 Å². The summed E-state index contributed by atoms with van der Waals surface area (Å²) >= 11 is 0. The highest BCUT2D eigenvalue weighted by atomic mass is 15.2. The van der Waals surface area contributed by atoms with Gasteiger partial charge in [-0.25, -0.2) is 0 Å². The molecule has 23 heavy (non-hydrogen) atoms. The first-order valence-corrected chi connectivity index (χ1v) is 9.80. The van der Waals surface area contributed by atoms with Gasteiger partial charge in [0.15, 0.2) is 0 Å². The Balaban J connectivity index is 1.64. The van der Waals surface area contributed by atoms with Crippen molar-refractivity contribution < 1.29 is 0 Å². The molecule has 3 heterocycles. The van der Waals surface area contributed by atoms with Gasteiger partial charge in [0.05, 0.1) is 0 Å². The number of nitrogens with zero attached hydrogens (tertiary/aromatic N) is 3. The van der Waals surface area contributed by atoms with E-state index in [-0.39, 0.29) is 0 Å². The number of anilines is 3. The van der Waals surface area contributed by atoms with Crippen molar-refractivity contribution in [3.63, 3.8) is 0 Å². The summed E-state index contributed by atoms with van der Waals surface area (Å²) in [7, 11) is 0. The van der Waals surface area contributed by atoms with Crippen LogP contribution in [-0.4, -0.2) is 39.3 Å². The summed E-state index contributed by atoms with van der Waals surface area (Å²) in [6.45, 7) is 7.43. The van der Waals surface area contributed by atoms with E-state index in [9.17, 15) is 0 Å². The van der Waals surface area contributed by atoms with Gasteiger partial charge in [-0.2, -0.15) is 0 Å². The van der Waals surface area contributed by atoms with Crippen LogP contribution in [0, 0.1) is 0 Å². The van der Waals surface area contributed by atoms with E-state index in [2.05, 4.69) is 32.9 Å². The number of hydrogen-bond donors (Lipinski definition) is 0. The van der Waals surface area contributed by atoms with Crippen LogP contribution in [0.25, 0.3) is 0 Å². The number of hydrogen-bond acceptors (Lipinski definition) is 3. The van der Waals surface area contributed by atoms with Crippen molar-refractivity contribution in [1.29, 1.82) is 0 Å². The van der Waals surface area contributed by atoms with Gasteiger partial charge in [0.25, 0.3) is 0 Å². The Morgan fingerprint density at radius 2 is 0.652 bits per heavy atom. The molecule has 0 aromatic heterocycles. The largest absolute Gasteiger partial charge is 0.371 e. The zero-order valence-electron chi connectivity index (χ0n) is 14.5. The normalized spacial score (nSPS) is 22.7. The standard InChI is InChI=1S/C20H31N3/c1-3-9-21(10-4-1)18-15-19(22-11-5-2-6-12-22)17-20(16-18)23-13-7-8-14-23/h15-17H,1-14H2. The molecule has 1 aromatic rings. The molecule has 0 unspecified atom stereocenters. The van der Waals surface area contributed by atoms with E-state index in [4.69, 9.17) is 0 Å². The molecule has 0 saturated carbocycles. The third-order valence-corrected chi connectivity index (χ3v) is 5.80. The topological polar surface area (TPSA) is 9.72 Å². The molecule has 3 aliphatic heterocycles. The van der Waals surface area contributed by atoms with E-state index in [1.807, 2.05) is 0 Å². The number of benzene rings is 1. The third kappa shape index (κ3) is 3.44. The van der Waals surface area contributed by atoms with Gasteiger partial charge in [0, 0.05) is 56.3 Å². The minimum Gasteiger partial charge on any atom is -0.371 e. The van der Waals surface area contributed by atoms with E-state index in [0.29, 0.717) is 0 Å². The fourth-order valence-corrected chi connectivity index (χ4v) is 4.41. The van der Waals surface area contributed by atoms with E-state index in [0.717, 1.165) is 0 Å². The Morgan fingerprint density at radius 3 is 0.957 bits per heavy atom. The molecule has 0 spiro atoms. The molecule has 0 atom stereocenters. The van der Waals surface area contributed by atoms with Crippen molar-refractivity contribution >= 4 is 17.1 Å². The highest BCUT2D eigenvalue weighted by molar-refractivity contribution is 5.70. The van der Waals surface area contributed by atoms with Crippen LogP contribution in [0.3, 0.4) is 0 Å². The molecule has 3 nitrogen and oxygen atoms in total. The van der Waals surface area contributed by atoms with Crippen LogP contribution in [0.5, 0.6) is 0 Å². The minimum atomic E-state index is 1.24. The van der Waals surface area contributed by atoms with E-state index >= 15 is 0 Å². The van der Waals surface area contributed by atoms with Crippen molar-refractivity contribution in [2.75, 3.05) is 54.0 Å². The van der Waals surface area contributed by atoms with Gasteiger partial charge < -0.3 is 14.7 Å². The highest BCUT2D eigenvalue weighted by Gasteiger charge is 2.19. The molecule has 1 aromatic carbocycles. The van der Waals surface area contributed by atoms with Crippen molar-refractivity contribution in [2.24, 2.45) is 0 Å². The molecule has 0 bridgehead atoms. The Morgan fingerprint density at radius 1 is 0.391 bits per heavy atom. The van der Waals surface area contributed by atoms with Crippen LogP contribution in [0.1, 0.15) is 51.4 Å². The fraction of sp³-hybridized carbons (Fsp3) is 0.700. The molecule has 0 N–H and O–H groups in total. The number of rotatable bonds is 3. The van der Waals surface area contributed by atoms with Gasteiger partial charge in [-0.15, -0.1) is 0 Å². The van der Waals surface area contributed by atoms with Gasteiger partial charge in [-0.05, 0) is 69.6 Å². The maximum absolute atomic E-state index is 2.62. The molecular formula is C20H31N3. The van der Waals surface area contributed by atoms with Crippen molar-refractivity contribution in [3.05, 3.63) is 18.2 Å². The van der Waals surface area contributed by atoms with Crippen LogP contribution in [0.15, 0.2) is 18.2 Å². The van der Waals surface area contributed by atoms with Crippen LogP contribution in [-0.2, 0) is 0 Å². The molecular weight excluding hydrogens is 282 g/mol. The van der Waals surface area contributed by atoms with E-state index < -0.39 is 0 Å². The second kappa shape index (κ2) is 7.02. The Hall–Kier alpha value is -1.38. The van der Waals surface area contributed by atoms with Crippen LogP contribution in [0.2, 0.25) is 0 Å². The first kappa shape index (κ1) is 15.2. The molecule has 3 fully saturated rings. The second-order valence-electron chi connectivity index (χ2n) is 7.50. The Bertz CT molecular complexity index is 473. The highest BCUT2D eigenvalue weighted by Crippen LogP contribution is 2.34. The van der Waals surface area contributed by atoms with Crippen molar-refractivity contribution in [2.45, 2.75) is 51.4 Å². The lowest BCUT2D eigenvalue weighted by Crippen LogP contribution is -2.32. The SMILES string of the molecule is c1c(N2CCCCC2)cc(N2CCCC2)cc1N1CCCCC1. The van der Waals surface area contributed by atoms with E-state index in [1.54, 1.807) is 0 Å². The first-order chi connectivity index (χ1) is 11.4. The third-order valence-electron chi connectivity index (χ3n) is 5.80. The molecule has 0 radical (unpaired) electrons. The maximum Gasteiger partial charge on any atom is 0.0407 e. The average molecular weight is 313 g/mol. The molecule has 126 valence electrons. The summed E-state index contributed by atoms with van der Waals surface area (Å²) in [5, 5.41) is 0.